The summed E-state index contributed by atoms with van der Waals surface area (Å²) in [6, 6.07) is 4.17. The Bertz CT molecular complexity index is 320. The molecule has 0 fully saturated rings. The van der Waals surface area contributed by atoms with E-state index in [0.29, 0.717) is 0 Å². The fourth-order valence-electron chi connectivity index (χ4n) is 1.92. The zero-order valence-electron chi connectivity index (χ0n) is 7.10. The fraction of sp³-hybridized carbons (Fsp3) is 0.400. The Labute approximate surface area is 77.5 Å². The van der Waals surface area contributed by atoms with Gasteiger partial charge in [0.1, 0.15) is 0 Å². The fourth-order valence-corrected chi connectivity index (χ4v) is 2.24. The van der Waals surface area contributed by atoms with Gasteiger partial charge in [-0.2, -0.15) is 0 Å². The van der Waals surface area contributed by atoms with Crippen molar-refractivity contribution in [1.29, 1.82) is 0 Å². The van der Waals surface area contributed by atoms with Crippen molar-refractivity contribution in [1.82, 2.24) is 0 Å². The minimum absolute atomic E-state index is 0.160. The van der Waals surface area contributed by atoms with E-state index >= 15 is 0 Å². The summed E-state index contributed by atoms with van der Waals surface area (Å²) in [4.78, 5) is 0. The van der Waals surface area contributed by atoms with Crippen LogP contribution in [0.2, 0.25) is 5.02 Å². The molecule has 0 aromatic heterocycles. The lowest BCUT2D eigenvalue weighted by Crippen LogP contribution is -2.05. The molecule has 1 aliphatic rings. The Hall–Kier alpha value is -0.530. The van der Waals surface area contributed by atoms with Gasteiger partial charge in [0.25, 0.3) is 0 Å². The maximum atomic E-state index is 6.06. The molecule has 2 N–H and O–H groups in total. The number of hydrogen-bond donors (Lipinski definition) is 1. The predicted octanol–water partition coefficient (Wildman–Crippen LogP) is 2.59. The van der Waals surface area contributed by atoms with Crippen LogP contribution >= 0.6 is 11.6 Å². The smallest absolute Gasteiger partial charge is 0.0456 e. The van der Waals surface area contributed by atoms with Crippen LogP contribution in [-0.2, 0) is 6.42 Å². The van der Waals surface area contributed by atoms with Gasteiger partial charge in [0.2, 0.25) is 0 Å². The Balaban J connectivity index is 2.64. The number of halogens is 1. The van der Waals surface area contributed by atoms with Crippen LogP contribution in [-0.4, -0.2) is 0 Å². The average Bonchev–Trinajstić information content (AvgIpc) is 2.42. The summed E-state index contributed by atoms with van der Waals surface area (Å²) in [5.41, 5.74) is 9.80. The summed E-state index contributed by atoms with van der Waals surface area (Å²) in [5, 5.41) is 0.834. The van der Waals surface area contributed by atoms with Crippen molar-refractivity contribution in [2.24, 2.45) is 5.73 Å². The Morgan fingerprint density at radius 1 is 1.50 bits per heavy atom. The zero-order chi connectivity index (χ0) is 8.72. The van der Waals surface area contributed by atoms with Crippen LogP contribution in [0.5, 0.6) is 0 Å². The molecule has 1 aliphatic carbocycles. The molecule has 1 nitrogen and oxygen atoms in total. The largest absolute Gasteiger partial charge is 0.324 e. The van der Waals surface area contributed by atoms with Gasteiger partial charge in [-0.25, -0.2) is 0 Å². The summed E-state index contributed by atoms with van der Waals surface area (Å²) in [6.07, 6.45) is 2.13. The number of hydrogen-bond acceptors (Lipinski definition) is 1. The van der Waals surface area contributed by atoms with E-state index in [1.807, 2.05) is 6.07 Å². The molecule has 0 saturated heterocycles. The third kappa shape index (κ3) is 1.05. The highest BCUT2D eigenvalue weighted by atomic mass is 35.5. The number of benzene rings is 1. The number of rotatable bonds is 0. The third-order valence-corrected chi connectivity index (χ3v) is 2.94. The molecule has 0 saturated carbocycles. The average molecular weight is 182 g/mol. The molecule has 12 heavy (non-hydrogen) atoms. The summed E-state index contributed by atoms with van der Waals surface area (Å²) < 4.78 is 0. The normalized spacial score (nSPS) is 21.1. The van der Waals surface area contributed by atoms with Gasteiger partial charge in [-0.15, -0.1) is 0 Å². The number of fused-ring (bicyclic) bond motifs is 1. The maximum absolute atomic E-state index is 6.06. The van der Waals surface area contributed by atoms with Gasteiger partial charge in [-0.05, 0) is 42.5 Å². The molecule has 1 aromatic carbocycles. The second-order valence-electron chi connectivity index (χ2n) is 3.40. The monoisotopic (exact) mass is 181 g/mol. The second kappa shape index (κ2) is 2.75. The van der Waals surface area contributed by atoms with E-state index in [2.05, 4.69) is 13.0 Å². The molecule has 0 spiro atoms. The van der Waals surface area contributed by atoms with Gasteiger partial charge in [0, 0.05) is 11.1 Å². The molecule has 0 bridgehead atoms. The van der Waals surface area contributed by atoms with Gasteiger partial charge in [0.05, 0.1) is 0 Å². The van der Waals surface area contributed by atoms with Gasteiger partial charge in [0.15, 0.2) is 0 Å². The SMILES string of the molecule is Cc1ccc(Cl)c2c1CCC2N. The quantitative estimate of drug-likeness (QED) is 0.654. The first-order chi connectivity index (χ1) is 5.70. The van der Waals surface area contributed by atoms with Crippen LogP contribution in [0.4, 0.5) is 0 Å². The van der Waals surface area contributed by atoms with Crippen molar-refractivity contribution in [3.05, 3.63) is 33.8 Å². The summed E-state index contributed by atoms with van der Waals surface area (Å²) in [5.74, 6) is 0. The molecular weight excluding hydrogens is 170 g/mol. The molecule has 64 valence electrons. The van der Waals surface area contributed by atoms with E-state index in [1.54, 1.807) is 0 Å². The standard InChI is InChI=1S/C10H12ClN/c1-6-2-4-8(11)10-7(6)3-5-9(10)12/h2,4,9H,3,5,12H2,1H3. The molecular formula is C10H12ClN. The van der Waals surface area contributed by atoms with Gasteiger partial charge in [-0.3, -0.25) is 0 Å². The second-order valence-corrected chi connectivity index (χ2v) is 3.81. The zero-order valence-corrected chi connectivity index (χ0v) is 7.86. The molecule has 0 radical (unpaired) electrons. The van der Waals surface area contributed by atoms with Crippen LogP contribution in [0.3, 0.4) is 0 Å². The molecule has 2 heteroatoms. The molecule has 1 unspecified atom stereocenters. The predicted molar refractivity (Wildman–Crippen MR) is 51.4 cm³/mol. The molecule has 1 aromatic rings. The van der Waals surface area contributed by atoms with E-state index in [9.17, 15) is 0 Å². The molecule has 0 heterocycles. The van der Waals surface area contributed by atoms with Gasteiger partial charge in [-0.1, -0.05) is 17.7 Å². The van der Waals surface area contributed by atoms with Crippen molar-refractivity contribution < 1.29 is 0 Å². The van der Waals surface area contributed by atoms with Crippen LogP contribution < -0.4 is 5.73 Å². The lowest BCUT2D eigenvalue weighted by atomic mass is 10.0. The summed E-state index contributed by atoms with van der Waals surface area (Å²) >= 11 is 6.06. The minimum atomic E-state index is 0.160. The highest BCUT2D eigenvalue weighted by molar-refractivity contribution is 6.31. The molecule has 2 rings (SSSR count). The van der Waals surface area contributed by atoms with Crippen molar-refractivity contribution in [2.75, 3.05) is 0 Å². The Kier molecular flexibility index (Phi) is 1.85. The topological polar surface area (TPSA) is 26.0 Å². The Morgan fingerprint density at radius 2 is 2.25 bits per heavy atom. The van der Waals surface area contributed by atoms with Crippen LogP contribution in [0.15, 0.2) is 12.1 Å². The highest BCUT2D eigenvalue weighted by Crippen LogP contribution is 2.36. The highest BCUT2D eigenvalue weighted by Gasteiger charge is 2.22. The van der Waals surface area contributed by atoms with Crippen molar-refractivity contribution >= 4 is 11.6 Å². The van der Waals surface area contributed by atoms with Gasteiger partial charge < -0.3 is 5.73 Å². The van der Waals surface area contributed by atoms with Crippen molar-refractivity contribution in [2.45, 2.75) is 25.8 Å². The first-order valence-electron chi connectivity index (χ1n) is 4.23. The Morgan fingerprint density at radius 3 is 2.92 bits per heavy atom. The number of aryl methyl sites for hydroxylation is 1. The third-order valence-electron chi connectivity index (χ3n) is 2.61. The molecule has 0 aliphatic heterocycles. The lowest BCUT2D eigenvalue weighted by molar-refractivity contribution is 0.713. The van der Waals surface area contributed by atoms with Crippen molar-refractivity contribution in [3.8, 4) is 0 Å². The lowest BCUT2D eigenvalue weighted by Gasteiger charge is -2.08. The minimum Gasteiger partial charge on any atom is -0.324 e. The van der Waals surface area contributed by atoms with E-state index in [-0.39, 0.29) is 6.04 Å². The van der Waals surface area contributed by atoms with Crippen molar-refractivity contribution in [3.63, 3.8) is 0 Å². The first-order valence-corrected chi connectivity index (χ1v) is 4.61. The van der Waals surface area contributed by atoms with E-state index < -0.39 is 0 Å². The maximum Gasteiger partial charge on any atom is 0.0456 e. The molecule has 1 atom stereocenters. The van der Waals surface area contributed by atoms with Crippen LogP contribution in [0.1, 0.15) is 29.2 Å². The summed E-state index contributed by atoms with van der Waals surface area (Å²) in [7, 11) is 0. The molecule has 0 amide bonds. The summed E-state index contributed by atoms with van der Waals surface area (Å²) in [6.45, 7) is 2.12. The van der Waals surface area contributed by atoms with Crippen LogP contribution in [0, 0.1) is 6.92 Å². The first kappa shape index (κ1) is 8.09. The van der Waals surface area contributed by atoms with Crippen LogP contribution in [0.25, 0.3) is 0 Å². The van der Waals surface area contributed by atoms with Gasteiger partial charge >= 0.3 is 0 Å². The number of nitrogens with two attached hydrogens (primary N) is 1. The van der Waals surface area contributed by atoms with E-state index in [4.69, 9.17) is 17.3 Å². The van der Waals surface area contributed by atoms with E-state index in [0.717, 1.165) is 17.9 Å². The van der Waals surface area contributed by atoms with E-state index in [1.165, 1.54) is 16.7 Å².